The highest BCUT2D eigenvalue weighted by atomic mass is 127. The van der Waals surface area contributed by atoms with E-state index in [4.69, 9.17) is 0 Å². The molecule has 0 saturated carbocycles. The fourth-order valence-corrected chi connectivity index (χ4v) is 2.11. The molecule has 1 aromatic heterocycles. The van der Waals surface area contributed by atoms with Crippen LogP contribution in [0.4, 0.5) is 13.2 Å². The molecule has 6 heteroatoms. The molecule has 0 fully saturated rings. The average molecular weight is 340 g/mol. The minimum Gasteiger partial charge on any atom is -0.321 e. The fraction of sp³-hybridized carbons (Fsp3) is 0.300. The van der Waals surface area contributed by atoms with Crippen molar-refractivity contribution in [3.05, 3.63) is 27.6 Å². The second-order valence-corrected chi connectivity index (χ2v) is 4.56. The van der Waals surface area contributed by atoms with E-state index >= 15 is 0 Å². The van der Waals surface area contributed by atoms with Gasteiger partial charge in [0, 0.05) is 10.1 Å². The van der Waals surface area contributed by atoms with Crippen LogP contribution in [0.5, 0.6) is 0 Å². The minimum absolute atomic E-state index is 0.256. The molecule has 1 aromatic carbocycles. The van der Waals surface area contributed by atoms with Gasteiger partial charge in [-0.3, -0.25) is 0 Å². The molecule has 2 rings (SSSR count). The first kappa shape index (κ1) is 11.7. The highest BCUT2D eigenvalue weighted by molar-refractivity contribution is 14.1. The molecule has 2 nitrogen and oxygen atoms in total. The van der Waals surface area contributed by atoms with Gasteiger partial charge < -0.3 is 4.57 Å². The normalized spacial score (nSPS) is 12.3. The van der Waals surface area contributed by atoms with Gasteiger partial charge in [-0.2, -0.15) is 13.2 Å². The molecular formula is C10H8F3IN2. The number of nitrogens with zero attached hydrogens (tertiary/aromatic N) is 2. The number of aryl methyl sites for hydroxylation is 1. The van der Waals surface area contributed by atoms with Crippen LogP contribution in [0.1, 0.15) is 12.7 Å². The first-order chi connectivity index (χ1) is 7.43. The monoisotopic (exact) mass is 340 g/mol. The molecule has 1 heterocycles. The molecule has 0 unspecified atom stereocenters. The number of fused-ring (bicyclic) bond motifs is 1. The second kappa shape index (κ2) is 3.90. The maximum atomic E-state index is 12.7. The SMILES string of the molecule is CCn1c(C(F)(F)F)nc2cc(I)ccc21. The summed E-state index contributed by atoms with van der Waals surface area (Å²) in [5.74, 6) is -0.827. The van der Waals surface area contributed by atoms with Gasteiger partial charge in [0.15, 0.2) is 0 Å². The minimum atomic E-state index is -4.40. The van der Waals surface area contributed by atoms with Crippen LogP contribution in [0.15, 0.2) is 18.2 Å². The van der Waals surface area contributed by atoms with Crippen molar-refractivity contribution < 1.29 is 13.2 Å². The fourth-order valence-electron chi connectivity index (χ4n) is 1.64. The lowest BCUT2D eigenvalue weighted by Crippen LogP contribution is -2.14. The molecule has 0 radical (unpaired) electrons. The van der Waals surface area contributed by atoms with Crippen molar-refractivity contribution in [2.75, 3.05) is 0 Å². The van der Waals surface area contributed by atoms with Crippen molar-refractivity contribution in [1.82, 2.24) is 9.55 Å². The summed E-state index contributed by atoms with van der Waals surface area (Å²) in [5, 5.41) is 0. The lowest BCUT2D eigenvalue weighted by atomic mass is 10.3. The second-order valence-electron chi connectivity index (χ2n) is 3.31. The van der Waals surface area contributed by atoms with E-state index in [-0.39, 0.29) is 6.54 Å². The maximum Gasteiger partial charge on any atom is 0.449 e. The number of hydrogen-bond donors (Lipinski definition) is 0. The van der Waals surface area contributed by atoms with Crippen molar-refractivity contribution in [1.29, 1.82) is 0 Å². The van der Waals surface area contributed by atoms with Gasteiger partial charge in [0.1, 0.15) is 0 Å². The van der Waals surface area contributed by atoms with Gasteiger partial charge >= 0.3 is 6.18 Å². The van der Waals surface area contributed by atoms with Crippen LogP contribution in [-0.4, -0.2) is 9.55 Å². The molecule has 0 N–H and O–H groups in total. The summed E-state index contributed by atoms with van der Waals surface area (Å²) in [6.07, 6.45) is -4.40. The molecule has 0 saturated heterocycles. The number of imidazole rings is 1. The zero-order valence-corrected chi connectivity index (χ0v) is 10.5. The molecule has 0 spiro atoms. The molecule has 0 aliphatic heterocycles. The molecule has 0 atom stereocenters. The zero-order chi connectivity index (χ0) is 11.9. The van der Waals surface area contributed by atoms with Crippen molar-refractivity contribution in [2.24, 2.45) is 0 Å². The molecule has 86 valence electrons. The molecule has 0 aliphatic carbocycles. The van der Waals surface area contributed by atoms with Crippen LogP contribution in [0, 0.1) is 3.57 Å². The molecule has 0 bridgehead atoms. The maximum absolute atomic E-state index is 12.7. The van der Waals surface area contributed by atoms with Crippen molar-refractivity contribution >= 4 is 33.6 Å². The highest BCUT2D eigenvalue weighted by Gasteiger charge is 2.37. The van der Waals surface area contributed by atoms with Gasteiger partial charge in [0.25, 0.3) is 0 Å². The van der Waals surface area contributed by atoms with Crippen LogP contribution < -0.4 is 0 Å². The van der Waals surface area contributed by atoms with Crippen LogP contribution >= 0.6 is 22.6 Å². The van der Waals surface area contributed by atoms with Crippen LogP contribution in [0.2, 0.25) is 0 Å². The molecule has 16 heavy (non-hydrogen) atoms. The summed E-state index contributed by atoms with van der Waals surface area (Å²) in [6, 6.07) is 5.09. The third kappa shape index (κ3) is 1.90. The van der Waals surface area contributed by atoms with Crippen LogP contribution in [0.25, 0.3) is 11.0 Å². The van der Waals surface area contributed by atoms with Gasteiger partial charge in [-0.1, -0.05) is 0 Å². The van der Waals surface area contributed by atoms with E-state index in [1.165, 1.54) is 4.57 Å². The number of alkyl halides is 3. The van der Waals surface area contributed by atoms with Crippen LogP contribution in [-0.2, 0) is 12.7 Å². The third-order valence-corrected chi connectivity index (χ3v) is 2.95. The largest absolute Gasteiger partial charge is 0.449 e. The van der Waals surface area contributed by atoms with Gasteiger partial charge in [-0.25, -0.2) is 4.98 Å². The summed E-state index contributed by atoms with van der Waals surface area (Å²) in [7, 11) is 0. The first-order valence-electron chi connectivity index (χ1n) is 4.66. The standard InChI is InChI=1S/C10H8F3IN2/c1-2-16-8-4-3-6(14)5-7(8)15-9(16)10(11,12)13/h3-5H,2H2,1H3. The Balaban J connectivity index is 2.76. The molecule has 0 aliphatic rings. The van der Waals surface area contributed by atoms with Crippen molar-refractivity contribution in [2.45, 2.75) is 19.6 Å². The third-order valence-electron chi connectivity index (χ3n) is 2.28. The van der Waals surface area contributed by atoms with E-state index in [0.717, 1.165) is 3.57 Å². The van der Waals surface area contributed by atoms with Gasteiger partial charge in [0.05, 0.1) is 11.0 Å². The van der Waals surface area contributed by atoms with E-state index in [1.54, 1.807) is 25.1 Å². The van der Waals surface area contributed by atoms with E-state index in [0.29, 0.717) is 11.0 Å². The molecule has 0 amide bonds. The predicted molar refractivity (Wildman–Crippen MR) is 63.1 cm³/mol. The van der Waals surface area contributed by atoms with E-state index in [1.807, 2.05) is 0 Å². The number of aromatic nitrogens is 2. The Kier molecular flexibility index (Phi) is 2.85. The number of rotatable bonds is 1. The zero-order valence-electron chi connectivity index (χ0n) is 8.35. The summed E-state index contributed by atoms with van der Waals surface area (Å²) in [4.78, 5) is 3.65. The van der Waals surface area contributed by atoms with Crippen molar-refractivity contribution in [3.8, 4) is 0 Å². The van der Waals surface area contributed by atoms with E-state index < -0.39 is 12.0 Å². The summed E-state index contributed by atoms with van der Waals surface area (Å²) in [5.41, 5.74) is 0.913. The smallest absolute Gasteiger partial charge is 0.321 e. The van der Waals surface area contributed by atoms with E-state index in [9.17, 15) is 13.2 Å². The summed E-state index contributed by atoms with van der Waals surface area (Å²) in [6.45, 7) is 1.93. The van der Waals surface area contributed by atoms with Gasteiger partial charge in [-0.15, -0.1) is 0 Å². The lowest BCUT2D eigenvalue weighted by Gasteiger charge is -2.08. The quantitative estimate of drug-likeness (QED) is 0.725. The Labute approximate surface area is 104 Å². The Hall–Kier alpha value is -0.790. The summed E-state index contributed by atoms with van der Waals surface area (Å²) < 4.78 is 40.1. The Morgan fingerprint density at radius 3 is 2.62 bits per heavy atom. The summed E-state index contributed by atoms with van der Waals surface area (Å²) >= 11 is 2.05. The topological polar surface area (TPSA) is 17.8 Å². The average Bonchev–Trinajstić information content (AvgIpc) is 2.54. The van der Waals surface area contributed by atoms with Crippen LogP contribution in [0.3, 0.4) is 0 Å². The number of benzene rings is 1. The van der Waals surface area contributed by atoms with Gasteiger partial charge in [-0.05, 0) is 47.7 Å². The Morgan fingerprint density at radius 1 is 1.38 bits per heavy atom. The highest BCUT2D eigenvalue weighted by Crippen LogP contribution is 2.31. The van der Waals surface area contributed by atoms with E-state index in [2.05, 4.69) is 27.6 Å². The lowest BCUT2D eigenvalue weighted by molar-refractivity contribution is -0.146. The molecular weight excluding hydrogens is 332 g/mol. The van der Waals surface area contributed by atoms with Gasteiger partial charge in [0.2, 0.25) is 5.82 Å². The Morgan fingerprint density at radius 2 is 2.06 bits per heavy atom. The number of hydrogen-bond acceptors (Lipinski definition) is 1. The first-order valence-corrected chi connectivity index (χ1v) is 5.74. The molecule has 2 aromatic rings. The Bertz CT molecular complexity index is 531. The van der Waals surface area contributed by atoms with Crippen molar-refractivity contribution in [3.63, 3.8) is 0 Å². The number of halogens is 4. The predicted octanol–water partition coefficient (Wildman–Crippen LogP) is 3.68.